The summed E-state index contributed by atoms with van der Waals surface area (Å²) in [6, 6.07) is 6.91. The number of rotatable bonds is 10. The molecule has 4 rings (SSSR count). The number of carboxylic acid groups (broad SMARTS) is 1. The Labute approximate surface area is 213 Å². The largest absolute Gasteiger partial charge is 0.477 e. The van der Waals surface area contributed by atoms with E-state index in [0.717, 1.165) is 11.8 Å². The van der Waals surface area contributed by atoms with E-state index in [1.807, 2.05) is 0 Å². The number of nitrogens with zero attached hydrogens (tertiary/aromatic N) is 5. The highest BCUT2D eigenvalue weighted by molar-refractivity contribution is 8.01. The normalized spacial score (nSPS) is 20.6. The number of nitrogens with one attached hydrogen (secondary N) is 1. The number of fused-ring (bicyclic) bond motifs is 1. The lowest BCUT2D eigenvalue weighted by Gasteiger charge is -2.49. The van der Waals surface area contributed by atoms with Gasteiger partial charge in [-0.05, 0) is 21.6 Å². The lowest BCUT2D eigenvalue weighted by molar-refractivity contribution is -0.150. The number of nitrogens with two attached hydrogens (primary N) is 1. The molecule has 194 valence electrons. The third-order valence-corrected chi connectivity index (χ3v) is 7.84. The summed E-state index contributed by atoms with van der Waals surface area (Å²) in [6.07, 6.45) is -1.04. The maximum Gasteiger partial charge on any atom is 0.352 e. The first-order valence-electron chi connectivity index (χ1n) is 10.5. The minimum atomic E-state index is -1.25. The van der Waals surface area contributed by atoms with E-state index in [9.17, 15) is 24.6 Å². The van der Waals surface area contributed by atoms with E-state index in [1.54, 1.807) is 30.3 Å². The molecule has 2 aliphatic rings. The summed E-state index contributed by atoms with van der Waals surface area (Å²) in [4.78, 5) is 38.7. The lowest BCUT2D eigenvalue weighted by atomic mass is 10.0. The van der Waals surface area contributed by atoms with Crippen molar-refractivity contribution < 1.29 is 35.2 Å². The van der Waals surface area contributed by atoms with E-state index < -0.39 is 48.0 Å². The van der Waals surface area contributed by atoms with Crippen molar-refractivity contribution in [3.63, 3.8) is 0 Å². The van der Waals surface area contributed by atoms with Crippen LogP contribution in [0.15, 0.2) is 46.8 Å². The van der Waals surface area contributed by atoms with Crippen LogP contribution in [0.1, 0.15) is 11.6 Å². The van der Waals surface area contributed by atoms with Crippen LogP contribution in [-0.4, -0.2) is 99.3 Å². The molecule has 3 unspecified atom stereocenters. The van der Waals surface area contributed by atoms with Gasteiger partial charge >= 0.3 is 5.97 Å². The maximum atomic E-state index is 12.9. The number of carbonyl (C=O) groups is 3. The highest BCUT2D eigenvalue weighted by Gasteiger charge is 2.54. The van der Waals surface area contributed by atoms with Crippen molar-refractivity contribution >= 4 is 41.3 Å². The van der Waals surface area contributed by atoms with Crippen LogP contribution in [0.25, 0.3) is 0 Å². The van der Waals surface area contributed by atoms with E-state index in [4.69, 9.17) is 10.8 Å². The number of benzene rings is 1. The summed E-state index contributed by atoms with van der Waals surface area (Å²) >= 11 is 2.49. The summed E-state index contributed by atoms with van der Waals surface area (Å²) < 4.78 is 1.31. The number of β-lactam (4-membered cyclic amide) rings is 1. The molecule has 8 N–H and O–H groups in total. The molecule has 1 fully saturated rings. The average molecular weight is 540 g/mol. The number of aliphatic hydroxyl groups is 2. The van der Waals surface area contributed by atoms with Gasteiger partial charge in [-0.3, -0.25) is 14.5 Å². The van der Waals surface area contributed by atoms with Gasteiger partial charge in [-0.2, -0.15) is 0 Å². The van der Waals surface area contributed by atoms with Gasteiger partial charge in [0.25, 0.3) is 5.91 Å². The fourth-order valence-electron chi connectivity index (χ4n) is 3.67. The summed E-state index contributed by atoms with van der Waals surface area (Å²) in [5.74, 6) is -1.78. The van der Waals surface area contributed by atoms with Crippen LogP contribution in [0, 0.1) is 0 Å². The minimum Gasteiger partial charge on any atom is -0.477 e. The van der Waals surface area contributed by atoms with Crippen LogP contribution in [0.3, 0.4) is 0 Å². The quantitative estimate of drug-likeness (QED) is 0.159. The molecule has 4 atom stereocenters. The molecule has 0 spiro atoms. The third-order valence-electron chi connectivity index (χ3n) is 5.46. The van der Waals surface area contributed by atoms with Crippen molar-refractivity contribution in [2.75, 3.05) is 18.1 Å². The summed E-state index contributed by atoms with van der Waals surface area (Å²) in [5, 5.41) is 42.1. The number of aliphatic carboxylic acids is 1. The second-order valence-electron chi connectivity index (χ2n) is 7.81. The first-order chi connectivity index (χ1) is 16.8. The second-order valence-corrected chi connectivity index (χ2v) is 9.86. The molecule has 1 saturated heterocycles. The van der Waals surface area contributed by atoms with Gasteiger partial charge in [0.1, 0.15) is 23.2 Å². The van der Waals surface area contributed by atoms with Gasteiger partial charge < -0.3 is 31.8 Å². The van der Waals surface area contributed by atoms with Gasteiger partial charge in [-0.15, -0.1) is 16.9 Å². The van der Waals surface area contributed by atoms with E-state index in [0.29, 0.717) is 22.0 Å². The number of carboxylic acids is 1. The molecular formula is C20H25N7O7S2. The Balaban J connectivity index is 0.00000361. The Bertz CT molecular complexity index is 1150. The molecule has 0 saturated carbocycles. The monoisotopic (exact) mass is 539 g/mol. The van der Waals surface area contributed by atoms with E-state index in [-0.39, 0.29) is 23.5 Å². The molecule has 36 heavy (non-hydrogen) atoms. The SMILES string of the molecule is NC(C(=O)NC1C(=O)N2C(C(=O)O)=C(CSc3nnnn3CC(O)CO)CS[C@H]12)c1ccccc1.O. The molecule has 2 amide bonds. The predicted molar refractivity (Wildman–Crippen MR) is 128 cm³/mol. The molecule has 14 nitrogen and oxygen atoms in total. The number of aliphatic hydroxyl groups excluding tert-OH is 2. The number of thioether (sulfide) groups is 2. The number of amides is 2. The molecule has 0 radical (unpaired) electrons. The zero-order valence-electron chi connectivity index (χ0n) is 18.7. The Hall–Kier alpha value is -3.02. The highest BCUT2D eigenvalue weighted by Crippen LogP contribution is 2.41. The van der Waals surface area contributed by atoms with Gasteiger partial charge in [0, 0.05) is 11.5 Å². The Morgan fingerprint density at radius 3 is 2.69 bits per heavy atom. The van der Waals surface area contributed by atoms with Crippen LogP contribution in [0.2, 0.25) is 0 Å². The van der Waals surface area contributed by atoms with Crippen LogP contribution in [0.4, 0.5) is 0 Å². The second kappa shape index (κ2) is 11.8. The standard InChI is InChI=1S/C20H23N7O6S2.H2O/c21-13(10-4-2-1-3-5-10)16(30)22-14-17(31)27-15(19(32)33)11(8-34-18(14)27)9-35-20-23-24-25-26(20)6-12(29)7-28;/h1-5,12-14,18,28-29H,6-9,21H2,(H,22,30)(H,32,33);1H2/t12?,13?,14?,18-;/m1./s1. The molecule has 1 aromatic heterocycles. The molecule has 2 aliphatic heterocycles. The van der Waals surface area contributed by atoms with Crippen LogP contribution in [0.5, 0.6) is 0 Å². The van der Waals surface area contributed by atoms with Crippen molar-refractivity contribution in [1.82, 2.24) is 30.4 Å². The zero-order valence-corrected chi connectivity index (χ0v) is 20.4. The van der Waals surface area contributed by atoms with E-state index in [1.165, 1.54) is 21.3 Å². The number of hydrogen-bond acceptors (Lipinski definition) is 11. The highest BCUT2D eigenvalue weighted by atomic mass is 32.2. The minimum absolute atomic E-state index is 0. The van der Waals surface area contributed by atoms with Crippen LogP contribution in [-0.2, 0) is 20.9 Å². The van der Waals surface area contributed by atoms with Gasteiger partial charge in [0.05, 0.1) is 19.3 Å². The van der Waals surface area contributed by atoms with Crippen molar-refractivity contribution in [2.45, 2.75) is 35.3 Å². The smallest absolute Gasteiger partial charge is 0.352 e. The van der Waals surface area contributed by atoms with Gasteiger partial charge in [-0.25, -0.2) is 9.48 Å². The molecular weight excluding hydrogens is 514 g/mol. The molecule has 3 heterocycles. The first-order valence-corrected chi connectivity index (χ1v) is 12.5. The Kier molecular flexibility index (Phi) is 9.04. The Morgan fingerprint density at radius 1 is 1.31 bits per heavy atom. The molecule has 2 aromatic rings. The third kappa shape index (κ3) is 5.53. The van der Waals surface area contributed by atoms with Crippen LogP contribution < -0.4 is 11.1 Å². The van der Waals surface area contributed by atoms with E-state index in [2.05, 4.69) is 20.8 Å². The summed E-state index contributed by atoms with van der Waals surface area (Å²) in [7, 11) is 0. The maximum absolute atomic E-state index is 12.9. The summed E-state index contributed by atoms with van der Waals surface area (Å²) in [6.45, 7) is -0.480. The number of tetrazole rings is 1. The van der Waals surface area contributed by atoms with Gasteiger partial charge in [-0.1, -0.05) is 42.1 Å². The molecule has 0 aliphatic carbocycles. The van der Waals surface area contributed by atoms with Crippen LogP contribution >= 0.6 is 23.5 Å². The van der Waals surface area contributed by atoms with Crippen molar-refractivity contribution in [1.29, 1.82) is 0 Å². The molecule has 1 aromatic carbocycles. The zero-order chi connectivity index (χ0) is 25.1. The fraction of sp³-hybridized carbons (Fsp3) is 0.400. The number of hydrogen-bond donors (Lipinski definition) is 5. The predicted octanol–water partition coefficient (Wildman–Crippen LogP) is -2.27. The van der Waals surface area contributed by atoms with Gasteiger partial charge in [0.15, 0.2) is 0 Å². The molecule has 16 heteroatoms. The first kappa shape index (κ1) is 27.6. The number of carbonyl (C=O) groups excluding carboxylic acids is 2. The molecule has 0 bridgehead atoms. The van der Waals surface area contributed by atoms with Crippen molar-refractivity contribution in [3.8, 4) is 0 Å². The van der Waals surface area contributed by atoms with Gasteiger partial charge in [0.2, 0.25) is 11.1 Å². The average Bonchev–Trinajstić information content (AvgIpc) is 3.31. The van der Waals surface area contributed by atoms with Crippen molar-refractivity contribution in [2.24, 2.45) is 5.73 Å². The number of aromatic nitrogens is 4. The summed E-state index contributed by atoms with van der Waals surface area (Å²) in [5.41, 5.74) is 6.99. The van der Waals surface area contributed by atoms with E-state index >= 15 is 0 Å². The topological polar surface area (TPSA) is 228 Å². The fourth-order valence-corrected chi connectivity index (χ4v) is 6.04. The lowest BCUT2D eigenvalue weighted by Crippen LogP contribution is -2.71. The Morgan fingerprint density at radius 2 is 2.03 bits per heavy atom. The van der Waals surface area contributed by atoms with Crippen molar-refractivity contribution in [3.05, 3.63) is 47.2 Å².